The Labute approximate surface area is 125 Å². The highest BCUT2D eigenvalue weighted by Gasteiger charge is 2.08. The number of benzene rings is 1. The van der Waals surface area contributed by atoms with Gasteiger partial charge in [0.25, 0.3) is 0 Å². The van der Waals surface area contributed by atoms with Gasteiger partial charge in [0.2, 0.25) is 5.88 Å². The standard InChI is InChI=1S/C16H21N3O2/c1-5-17-14-9-16(19-15(18-14)10-20-4)21-13-8-11(2)6-7-12(13)3/h6-9H,5,10H2,1-4H3,(H,17,18,19). The summed E-state index contributed by atoms with van der Waals surface area (Å²) in [5.74, 6) is 2.65. The molecule has 21 heavy (non-hydrogen) atoms. The molecule has 0 unspecified atom stereocenters. The molecule has 2 rings (SSSR count). The van der Waals surface area contributed by atoms with Gasteiger partial charge in [-0.3, -0.25) is 0 Å². The first-order valence-electron chi connectivity index (χ1n) is 6.98. The van der Waals surface area contributed by atoms with Gasteiger partial charge in [-0.05, 0) is 38.0 Å². The van der Waals surface area contributed by atoms with Crippen molar-refractivity contribution in [3.63, 3.8) is 0 Å². The first kappa shape index (κ1) is 15.3. The fourth-order valence-electron chi connectivity index (χ4n) is 1.92. The summed E-state index contributed by atoms with van der Waals surface area (Å²) in [6, 6.07) is 7.89. The minimum Gasteiger partial charge on any atom is -0.439 e. The normalized spacial score (nSPS) is 10.5. The fourth-order valence-corrected chi connectivity index (χ4v) is 1.92. The maximum absolute atomic E-state index is 5.92. The summed E-state index contributed by atoms with van der Waals surface area (Å²) >= 11 is 0. The first-order valence-corrected chi connectivity index (χ1v) is 6.98. The number of nitrogens with zero attached hydrogens (tertiary/aromatic N) is 2. The lowest BCUT2D eigenvalue weighted by Gasteiger charge is -2.11. The number of hydrogen-bond donors (Lipinski definition) is 1. The molecule has 5 nitrogen and oxygen atoms in total. The Kier molecular flexibility index (Phi) is 5.11. The molecule has 0 spiro atoms. The molecule has 1 aromatic heterocycles. The van der Waals surface area contributed by atoms with Crippen LogP contribution in [0.15, 0.2) is 24.3 Å². The minimum atomic E-state index is 0.350. The van der Waals surface area contributed by atoms with Crippen LogP contribution in [-0.2, 0) is 11.3 Å². The van der Waals surface area contributed by atoms with Crippen molar-refractivity contribution < 1.29 is 9.47 Å². The Hall–Kier alpha value is -2.14. The summed E-state index contributed by atoms with van der Waals surface area (Å²) in [7, 11) is 1.62. The summed E-state index contributed by atoms with van der Waals surface area (Å²) in [5, 5.41) is 3.17. The Balaban J connectivity index is 2.31. The van der Waals surface area contributed by atoms with E-state index in [1.54, 1.807) is 13.2 Å². The van der Waals surface area contributed by atoms with Crippen LogP contribution in [0, 0.1) is 13.8 Å². The van der Waals surface area contributed by atoms with Crippen LogP contribution < -0.4 is 10.1 Å². The maximum Gasteiger partial charge on any atom is 0.224 e. The van der Waals surface area contributed by atoms with Gasteiger partial charge in [-0.1, -0.05) is 12.1 Å². The molecule has 0 aliphatic carbocycles. The number of hydrogen-bond acceptors (Lipinski definition) is 5. The molecule has 0 radical (unpaired) electrons. The van der Waals surface area contributed by atoms with E-state index in [0.29, 0.717) is 18.3 Å². The third-order valence-electron chi connectivity index (χ3n) is 2.94. The quantitative estimate of drug-likeness (QED) is 0.881. The highest BCUT2D eigenvalue weighted by atomic mass is 16.5. The van der Waals surface area contributed by atoms with Crippen LogP contribution in [0.4, 0.5) is 5.82 Å². The zero-order chi connectivity index (χ0) is 15.2. The lowest BCUT2D eigenvalue weighted by atomic mass is 10.1. The Morgan fingerprint density at radius 1 is 1.14 bits per heavy atom. The average molecular weight is 287 g/mol. The predicted molar refractivity (Wildman–Crippen MR) is 82.9 cm³/mol. The van der Waals surface area contributed by atoms with Crippen molar-refractivity contribution in [3.05, 3.63) is 41.2 Å². The molecule has 112 valence electrons. The summed E-state index contributed by atoms with van der Waals surface area (Å²) in [4.78, 5) is 8.74. The molecule has 1 N–H and O–H groups in total. The van der Waals surface area contributed by atoms with E-state index >= 15 is 0 Å². The molecular weight excluding hydrogens is 266 g/mol. The van der Waals surface area contributed by atoms with Crippen LogP contribution in [0.25, 0.3) is 0 Å². The predicted octanol–water partition coefficient (Wildman–Crippen LogP) is 3.46. The number of methoxy groups -OCH3 is 1. The monoisotopic (exact) mass is 287 g/mol. The summed E-state index contributed by atoms with van der Waals surface area (Å²) in [6.07, 6.45) is 0. The molecule has 1 heterocycles. The van der Waals surface area contributed by atoms with Gasteiger partial charge < -0.3 is 14.8 Å². The largest absolute Gasteiger partial charge is 0.439 e. The first-order chi connectivity index (χ1) is 10.1. The zero-order valence-corrected chi connectivity index (χ0v) is 12.9. The molecule has 0 fully saturated rings. The van der Waals surface area contributed by atoms with E-state index in [0.717, 1.165) is 29.2 Å². The Bertz CT molecular complexity index is 590. The SMILES string of the molecule is CCNc1cc(Oc2cc(C)ccc2C)nc(COC)n1. The molecule has 1 aromatic carbocycles. The Morgan fingerprint density at radius 3 is 2.67 bits per heavy atom. The smallest absolute Gasteiger partial charge is 0.224 e. The number of aromatic nitrogens is 2. The van der Waals surface area contributed by atoms with Crippen LogP contribution >= 0.6 is 0 Å². The molecule has 5 heteroatoms. The number of nitrogens with one attached hydrogen (secondary N) is 1. The zero-order valence-electron chi connectivity index (χ0n) is 12.9. The fraction of sp³-hybridized carbons (Fsp3) is 0.375. The van der Waals surface area contributed by atoms with Gasteiger partial charge in [0.15, 0.2) is 5.82 Å². The van der Waals surface area contributed by atoms with E-state index in [1.165, 1.54) is 0 Å². The van der Waals surface area contributed by atoms with E-state index in [9.17, 15) is 0 Å². The highest BCUT2D eigenvalue weighted by molar-refractivity contribution is 5.42. The van der Waals surface area contributed by atoms with E-state index < -0.39 is 0 Å². The third kappa shape index (κ3) is 4.16. The second-order valence-corrected chi connectivity index (χ2v) is 4.84. The van der Waals surface area contributed by atoms with Crippen molar-refractivity contribution >= 4 is 5.82 Å². The van der Waals surface area contributed by atoms with Crippen LogP contribution in [0.3, 0.4) is 0 Å². The molecule has 0 atom stereocenters. The molecule has 0 aliphatic heterocycles. The number of ether oxygens (including phenoxy) is 2. The summed E-state index contributed by atoms with van der Waals surface area (Å²) in [5.41, 5.74) is 2.21. The molecule has 2 aromatic rings. The van der Waals surface area contributed by atoms with Gasteiger partial charge in [0.1, 0.15) is 18.2 Å². The van der Waals surface area contributed by atoms with E-state index in [2.05, 4.69) is 21.4 Å². The van der Waals surface area contributed by atoms with Crippen molar-refractivity contribution in [1.82, 2.24) is 9.97 Å². The van der Waals surface area contributed by atoms with Crippen LogP contribution in [0.5, 0.6) is 11.6 Å². The molecular formula is C16H21N3O2. The summed E-state index contributed by atoms with van der Waals surface area (Å²) < 4.78 is 11.0. The topological polar surface area (TPSA) is 56.3 Å². The van der Waals surface area contributed by atoms with Crippen LogP contribution in [-0.4, -0.2) is 23.6 Å². The third-order valence-corrected chi connectivity index (χ3v) is 2.94. The van der Waals surface area contributed by atoms with Crippen molar-refractivity contribution in [2.45, 2.75) is 27.4 Å². The molecule has 0 bridgehead atoms. The van der Waals surface area contributed by atoms with Crippen molar-refractivity contribution in [2.24, 2.45) is 0 Å². The van der Waals surface area contributed by atoms with E-state index in [4.69, 9.17) is 9.47 Å². The van der Waals surface area contributed by atoms with Gasteiger partial charge in [0.05, 0.1) is 0 Å². The number of anilines is 1. The van der Waals surface area contributed by atoms with E-state index in [1.807, 2.05) is 32.9 Å². The van der Waals surface area contributed by atoms with Gasteiger partial charge in [0, 0.05) is 19.7 Å². The molecule has 0 aliphatic rings. The lowest BCUT2D eigenvalue weighted by Crippen LogP contribution is -2.05. The number of aryl methyl sites for hydroxylation is 2. The second-order valence-electron chi connectivity index (χ2n) is 4.84. The highest BCUT2D eigenvalue weighted by Crippen LogP contribution is 2.26. The minimum absolute atomic E-state index is 0.350. The van der Waals surface area contributed by atoms with E-state index in [-0.39, 0.29) is 0 Å². The Morgan fingerprint density at radius 2 is 1.95 bits per heavy atom. The van der Waals surface area contributed by atoms with Gasteiger partial charge >= 0.3 is 0 Å². The second kappa shape index (κ2) is 7.04. The number of rotatable bonds is 6. The van der Waals surface area contributed by atoms with Gasteiger partial charge in [-0.25, -0.2) is 4.98 Å². The molecule has 0 amide bonds. The van der Waals surface area contributed by atoms with Crippen LogP contribution in [0.1, 0.15) is 23.9 Å². The molecule has 0 saturated heterocycles. The van der Waals surface area contributed by atoms with Crippen LogP contribution in [0.2, 0.25) is 0 Å². The summed E-state index contributed by atoms with van der Waals surface area (Å²) in [6.45, 7) is 7.20. The maximum atomic E-state index is 5.92. The van der Waals surface area contributed by atoms with Gasteiger partial charge in [-0.15, -0.1) is 0 Å². The lowest BCUT2D eigenvalue weighted by molar-refractivity contribution is 0.177. The van der Waals surface area contributed by atoms with Crippen molar-refractivity contribution in [2.75, 3.05) is 19.0 Å². The molecule has 0 saturated carbocycles. The van der Waals surface area contributed by atoms with Crippen molar-refractivity contribution in [3.8, 4) is 11.6 Å². The average Bonchev–Trinajstić information content (AvgIpc) is 2.43. The van der Waals surface area contributed by atoms with Gasteiger partial charge in [-0.2, -0.15) is 4.98 Å². The van der Waals surface area contributed by atoms with Crippen molar-refractivity contribution in [1.29, 1.82) is 0 Å².